The molecule has 0 heterocycles. The minimum absolute atomic E-state index is 0.0743. The Balaban J connectivity index is 2.84. The standard InChI is InChI=1S/C11H15N3O3/c1-6-5-8(15)3-4-9(6)11(16)13-7(2)10(12)14-17/h3-5,7,15,17H,1-2H3,(H2,12,14)(H,13,16). The molecule has 6 nitrogen and oxygen atoms in total. The number of nitrogens with two attached hydrogens (primary N) is 1. The Morgan fingerprint density at radius 1 is 1.53 bits per heavy atom. The number of phenolic OH excluding ortho intramolecular Hbond substituents is 1. The predicted molar refractivity (Wildman–Crippen MR) is 63.2 cm³/mol. The van der Waals surface area contributed by atoms with Gasteiger partial charge < -0.3 is 21.4 Å². The molecule has 1 amide bonds. The second kappa shape index (κ2) is 5.20. The molecule has 0 aliphatic carbocycles. The van der Waals surface area contributed by atoms with Gasteiger partial charge in [0.25, 0.3) is 5.91 Å². The molecule has 0 spiro atoms. The number of amides is 1. The van der Waals surface area contributed by atoms with Gasteiger partial charge in [0, 0.05) is 5.56 Å². The minimum Gasteiger partial charge on any atom is -0.508 e. The van der Waals surface area contributed by atoms with E-state index in [1.807, 2.05) is 0 Å². The molecular weight excluding hydrogens is 222 g/mol. The van der Waals surface area contributed by atoms with Gasteiger partial charge in [-0.05, 0) is 37.6 Å². The molecule has 1 rings (SSSR count). The van der Waals surface area contributed by atoms with Crippen LogP contribution in [0.25, 0.3) is 0 Å². The number of oxime groups is 1. The van der Waals surface area contributed by atoms with E-state index in [-0.39, 0.29) is 17.5 Å². The highest BCUT2D eigenvalue weighted by Crippen LogP contribution is 2.15. The molecular formula is C11H15N3O3. The van der Waals surface area contributed by atoms with Crippen molar-refractivity contribution in [3.63, 3.8) is 0 Å². The molecule has 0 radical (unpaired) electrons. The van der Waals surface area contributed by atoms with E-state index in [0.717, 1.165) is 0 Å². The van der Waals surface area contributed by atoms with Crippen molar-refractivity contribution in [1.29, 1.82) is 0 Å². The first-order valence-corrected chi connectivity index (χ1v) is 5.03. The lowest BCUT2D eigenvalue weighted by atomic mass is 10.1. The van der Waals surface area contributed by atoms with Gasteiger partial charge in [0.1, 0.15) is 5.75 Å². The fraction of sp³-hybridized carbons (Fsp3) is 0.273. The topological polar surface area (TPSA) is 108 Å². The molecule has 1 atom stereocenters. The summed E-state index contributed by atoms with van der Waals surface area (Å²) in [5.41, 5.74) is 6.43. The second-order valence-electron chi connectivity index (χ2n) is 3.72. The van der Waals surface area contributed by atoms with E-state index in [0.29, 0.717) is 11.1 Å². The first-order chi connectivity index (χ1) is 7.95. The molecule has 0 aliphatic heterocycles. The quantitative estimate of drug-likeness (QED) is 0.266. The first kappa shape index (κ1) is 12.8. The third-order valence-corrected chi connectivity index (χ3v) is 2.36. The van der Waals surface area contributed by atoms with Gasteiger partial charge in [0.2, 0.25) is 0 Å². The lowest BCUT2D eigenvalue weighted by Gasteiger charge is -2.13. The van der Waals surface area contributed by atoms with Crippen molar-refractivity contribution >= 4 is 11.7 Å². The monoisotopic (exact) mass is 237 g/mol. The molecule has 0 bridgehead atoms. The van der Waals surface area contributed by atoms with Gasteiger partial charge in [-0.3, -0.25) is 4.79 Å². The number of hydrogen-bond acceptors (Lipinski definition) is 4. The SMILES string of the molecule is Cc1cc(O)ccc1C(=O)NC(C)/C(N)=N/O. The Morgan fingerprint density at radius 3 is 2.71 bits per heavy atom. The van der Waals surface area contributed by atoms with E-state index < -0.39 is 6.04 Å². The van der Waals surface area contributed by atoms with Crippen molar-refractivity contribution in [2.24, 2.45) is 10.9 Å². The number of carbonyl (C=O) groups excluding carboxylic acids is 1. The number of aryl methyl sites for hydroxylation is 1. The summed E-state index contributed by atoms with van der Waals surface area (Å²) in [6.45, 7) is 3.31. The number of phenols is 1. The molecule has 17 heavy (non-hydrogen) atoms. The molecule has 0 aliphatic rings. The van der Waals surface area contributed by atoms with Crippen molar-refractivity contribution < 1.29 is 15.1 Å². The maximum Gasteiger partial charge on any atom is 0.252 e. The zero-order chi connectivity index (χ0) is 13.0. The number of rotatable bonds is 3. The third-order valence-electron chi connectivity index (χ3n) is 2.36. The van der Waals surface area contributed by atoms with Gasteiger partial charge in [-0.15, -0.1) is 0 Å². The predicted octanol–water partition coefficient (Wildman–Crippen LogP) is 0.565. The number of carbonyl (C=O) groups is 1. The number of benzene rings is 1. The van der Waals surface area contributed by atoms with Crippen LogP contribution in [0.3, 0.4) is 0 Å². The van der Waals surface area contributed by atoms with E-state index in [1.165, 1.54) is 18.2 Å². The lowest BCUT2D eigenvalue weighted by molar-refractivity contribution is 0.0948. The van der Waals surface area contributed by atoms with Crippen LogP contribution >= 0.6 is 0 Å². The first-order valence-electron chi connectivity index (χ1n) is 5.03. The average molecular weight is 237 g/mol. The van der Waals surface area contributed by atoms with Crippen molar-refractivity contribution in [3.05, 3.63) is 29.3 Å². The van der Waals surface area contributed by atoms with Gasteiger partial charge in [0.15, 0.2) is 5.84 Å². The van der Waals surface area contributed by atoms with Gasteiger partial charge >= 0.3 is 0 Å². The summed E-state index contributed by atoms with van der Waals surface area (Å²) in [5, 5.41) is 23.1. The Labute approximate surface area is 98.7 Å². The molecule has 0 saturated heterocycles. The van der Waals surface area contributed by atoms with Crippen LogP contribution in [0.5, 0.6) is 5.75 Å². The van der Waals surface area contributed by atoms with Gasteiger partial charge in [-0.2, -0.15) is 0 Å². The van der Waals surface area contributed by atoms with Crippen LogP contribution in [-0.4, -0.2) is 28.1 Å². The Morgan fingerprint density at radius 2 is 2.18 bits per heavy atom. The minimum atomic E-state index is -0.569. The zero-order valence-electron chi connectivity index (χ0n) is 9.64. The fourth-order valence-electron chi connectivity index (χ4n) is 1.34. The van der Waals surface area contributed by atoms with Gasteiger partial charge in [-0.1, -0.05) is 5.16 Å². The summed E-state index contributed by atoms with van der Waals surface area (Å²) < 4.78 is 0. The van der Waals surface area contributed by atoms with Crippen molar-refractivity contribution in [3.8, 4) is 5.75 Å². The molecule has 5 N–H and O–H groups in total. The Hall–Kier alpha value is -2.24. The third kappa shape index (κ3) is 3.10. The summed E-state index contributed by atoms with van der Waals surface area (Å²) in [4.78, 5) is 11.8. The average Bonchev–Trinajstić information content (AvgIpc) is 2.27. The van der Waals surface area contributed by atoms with E-state index in [9.17, 15) is 9.90 Å². The molecule has 1 aromatic carbocycles. The second-order valence-corrected chi connectivity index (χ2v) is 3.72. The van der Waals surface area contributed by atoms with Gasteiger partial charge in [0.05, 0.1) is 6.04 Å². The molecule has 1 aromatic rings. The van der Waals surface area contributed by atoms with Gasteiger partial charge in [-0.25, -0.2) is 0 Å². The van der Waals surface area contributed by atoms with Crippen LogP contribution in [0, 0.1) is 6.92 Å². The normalized spacial score (nSPS) is 13.2. The molecule has 0 aromatic heterocycles. The Bertz CT molecular complexity index is 457. The van der Waals surface area contributed by atoms with E-state index in [1.54, 1.807) is 13.8 Å². The van der Waals surface area contributed by atoms with Crippen LogP contribution in [0.4, 0.5) is 0 Å². The van der Waals surface area contributed by atoms with Crippen LogP contribution in [0.2, 0.25) is 0 Å². The summed E-state index contributed by atoms with van der Waals surface area (Å²) in [6, 6.07) is 3.86. The number of amidine groups is 1. The summed E-state index contributed by atoms with van der Waals surface area (Å²) in [7, 11) is 0. The maximum atomic E-state index is 11.8. The largest absolute Gasteiger partial charge is 0.508 e. The fourth-order valence-corrected chi connectivity index (χ4v) is 1.34. The summed E-state index contributed by atoms with van der Waals surface area (Å²) in [5.74, 6) is -0.320. The molecule has 92 valence electrons. The summed E-state index contributed by atoms with van der Waals surface area (Å²) >= 11 is 0. The highest BCUT2D eigenvalue weighted by atomic mass is 16.4. The molecule has 1 unspecified atom stereocenters. The van der Waals surface area contributed by atoms with Crippen molar-refractivity contribution in [2.75, 3.05) is 0 Å². The number of nitrogens with zero attached hydrogens (tertiary/aromatic N) is 1. The number of aromatic hydroxyl groups is 1. The van der Waals surface area contributed by atoms with Crippen LogP contribution in [0.1, 0.15) is 22.8 Å². The van der Waals surface area contributed by atoms with Crippen molar-refractivity contribution in [2.45, 2.75) is 19.9 Å². The van der Waals surface area contributed by atoms with Crippen LogP contribution in [-0.2, 0) is 0 Å². The highest BCUT2D eigenvalue weighted by Gasteiger charge is 2.14. The smallest absolute Gasteiger partial charge is 0.252 e. The van der Waals surface area contributed by atoms with Crippen molar-refractivity contribution in [1.82, 2.24) is 5.32 Å². The molecule has 0 saturated carbocycles. The number of hydrogen-bond donors (Lipinski definition) is 4. The number of nitrogens with one attached hydrogen (secondary N) is 1. The van der Waals surface area contributed by atoms with E-state index in [2.05, 4.69) is 10.5 Å². The van der Waals surface area contributed by atoms with Crippen LogP contribution < -0.4 is 11.1 Å². The molecule has 6 heteroatoms. The lowest BCUT2D eigenvalue weighted by Crippen LogP contribution is -2.42. The maximum absolute atomic E-state index is 11.8. The Kier molecular flexibility index (Phi) is 3.92. The summed E-state index contributed by atoms with van der Waals surface area (Å²) in [6.07, 6.45) is 0. The van der Waals surface area contributed by atoms with E-state index >= 15 is 0 Å². The highest BCUT2D eigenvalue weighted by molar-refractivity contribution is 5.99. The van der Waals surface area contributed by atoms with E-state index in [4.69, 9.17) is 10.9 Å². The zero-order valence-corrected chi connectivity index (χ0v) is 9.64. The van der Waals surface area contributed by atoms with Crippen LogP contribution in [0.15, 0.2) is 23.4 Å². The molecule has 0 fully saturated rings.